The van der Waals surface area contributed by atoms with Gasteiger partial charge in [-0.1, -0.05) is 0 Å². The zero-order chi connectivity index (χ0) is 11.4. The first-order chi connectivity index (χ1) is 7.75. The molecule has 1 N–H and O–H groups in total. The lowest BCUT2D eigenvalue weighted by Crippen LogP contribution is -2.36. The van der Waals surface area contributed by atoms with Crippen molar-refractivity contribution in [2.24, 2.45) is 5.92 Å². The van der Waals surface area contributed by atoms with Crippen molar-refractivity contribution in [2.75, 3.05) is 26.7 Å². The number of carbonyl (C=O) groups is 1. The Kier molecular flexibility index (Phi) is 3.90. The molecule has 0 spiro atoms. The molecule has 0 aromatic carbocycles. The molecular formula is C11H17N3OS. The Morgan fingerprint density at radius 3 is 3.00 bits per heavy atom. The lowest BCUT2D eigenvalue weighted by molar-refractivity contribution is 0.0935. The highest BCUT2D eigenvalue weighted by molar-refractivity contribution is 7.07. The number of thiazole rings is 1. The summed E-state index contributed by atoms with van der Waals surface area (Å²) in [6.07, 6.45) is 2.35. The molecule has 1 aliphatic rings. The van der Waals surface area contributed by atoms with Crippen LogP contribution < -0.4 is 5.32 Å². The minimum atomic E-state index is -0.0415. The van der Waals surface area contributed by atoms with Crippen molar-refractivity contribution in [1.29, 1.82) is 0 Å². The second kappa shape index (κ2) is 5.41. The highest BCUT2D eigenvalue weighted by Gasteiger charge is 2.17. The lowest BCUT2D eigenvalue weighted by Gasteiger charge is -2.28. The zero-order valence-electron chi connectivity index (χ0n) is 9.48. The fraction of sp³-hybridized carbons (Fsp3) is 0.636. The number of amides is 1. The van der Waals surface area contributed by atoms with Gasteiger partial charge in [-0.15, -0.1) is 11.3 Å². The third kappa shape index (κ3) is 3.02. The molecule has 1 fully saturated rings. The van der Waals surface area contributed by atoms with E-state index in [1.165, 1.54) is 24.2 Å². The Morgan fingerprint density at radius 1 is 1.62 bits per heavy atom. The summed E-state index contributed by atoms with van der Waals surface area (Å²) >= 11 is 1.45. The molecule has 2 rings (SSSR count). The molecule has 0 atom stereocenters. The maximum atomic E-state index is 11.6. The fourth-order valence-electron chi connectivity index (χ4n) is 1.92. The molecule has 16 heavy (non-hydrogen) atoms. The zero-order valence-corrected chi connectivity index (χ0v) is 10.3. The van der Waals surface area contributed by atoms with Gasteiger partial charge in [0, 0.05) is 11.9 Å². The van der Waals surface area contributed by atoms with Crippen LogP contribution in [0.5, 0.6) is 0 Å². The molecule has 0 aliphatic carbocycles. The molecule has 0 bridgehead atoms. The first-order valence-corrected chi connectivity index (χ1v) is 6.55. The van der Waals surface area contributed by atoms with Gasteiger partial charge < -0.3 is 10.2 Å². The average Bonchev–Trinajstić information content (AvgIpc) is 2.81. The van der Waals surface area contributed by atoms with Crippen LogP contribution in [0.2, 0.25) is 0 Å². The first kappa shape index (κ1) is 11.5. The number of nitrogens with one attached hydrogen (secondary N) is 1. The van der Waals surface area contributed by atoms with Crippen molar-refractivity contribution in [3.8, 4) is 0 Å². The van der Waals surface area contributed by atoms with Crippen molar-refractivity contribution in [1.82, 2.24) is 15.2 Å². The van der Waals surface area contributed by atoms with Crippen LogP contribution in [-0.2, 0) is 0 Å². The smallest absolute Gasteiger partial charge is 0.270 e. The van der Waals surface area contributed by atoms with E-state index in [2.05, 4.69) is 22.2 Å². The third-order valence-corrected chi connectivity index (χ3v) is 3.64. The summed E-state index contributed by atoms with van der Waals surface area (Å²) in [4.78, 5) is 18.0. The fourth-order valence-corrected chi connectivity index (χ4v) is 2.45. The van der Waals surface area contributed by atoms with Gasteiger partial charge in [0.15, 0.2) is 0 Å². The minimum Gasteiger partial charge on any atom is -0.350 e. The minimum absolute atomic E-state index is 0.0415. The van der Waals surface area contributed by atoms with Gasteiger partial charge in [-0.25, -0.2) is 4.98 Å². The summed E-state index contributed by atoms with van der Waals surface area (Å²) in [6.45, 7) is 3.05. The first-order valence-electron chi connectivity index (χ1n) is 5.60. The standard InChI is InChI=1S/C11H17N3OS/c1-14-4-2-9(3-5-14)6-12-11(15)10-7-16-8-13-10/h7-9H,2-6H2,1H3,(H,12,15). The summed E-state index contributed by atoms with van der Waals surface area (Å²) in [5, 5.41) is 4.74. The topological polar surface area (TPSA) is 45.2 Å². The van der Waals surface area contributed by atoms with Crippen LogP contribution in [0.25, 0.3) is 0 Å². The molecule has 0 radical (unpaired) electrons. The van der Waals surface area contributed by atoms with E-state index < -0.39 is 0 Å². The van der Waals surface area contributed by atoms with Gasteiger partial charge in [0.25, 0.3) is 5.91 Å². The molecule has 0 saturated carbocycles. The van der Waals surface area contributed by atoms with Gasteiger partial charge in [0.05, 0.1) is 5.51 Å². The SMILES string of the molecule is CN1CCC(CNC(=O)c2cscn2)CC1. The lowest BCUT2D eigenvalue weighted by atomic mass is 9.97. The number of hydrogen-bond donors (Lipinski definition) is 1. The van der Waals surface area contributed by atoms with Gasteiger partial charge in [0.1, 0.15) is 5.69 Å². The molecule has 5 heteroatoms. The number of nitrogens with zero attached hydrogens (tertiary/aromatic N) is 2. The van der Waals surface area contributed by atoms with Gasteiger partial charge in [-0.05, 0) is 38.9 Å². The van der Waals surface area contributed by atoms with E-state index in [1.54, 1.807) is 10.9 Å². The Balaban J connectivity index is 1.73. The van der Waals surface area contributed by atoms with Crippen LogP contribution in [0.15, 0.2) is 10.9 Å². The molecule has 1 aromatic heterocycles. The second-order valence-corrected chi connectivity index (χ2v) is 5.05. The Bertz CT molecular complexity index is 331. The largest absolute Gasteiger partial charge is 0.350 e. The number of rotatable bonds is 3. The predicted molar refractivity (Wildman–Crippen MR) is 64.7 cm³/mol. The summed E-state index contributed by atoms with van der Waals surface area (Å²) in [5.74, 6) is 0.582. The highest BCUT2D eigenvalue weighted by atomic mass is 32.1. The molecule has 88 valence electrons. The van der Waals surface area contributed by atoms with Crippen molar-refractivity contribution >= 4 is 17.2 Å². The normalized spacial score (nSPS) is 18.6. The Hall–Kier alpha value is -0.940. The van der Waals surface area contributed by atoms with E-state index in [4.69, 9.17) is 0 Å². The molecule has 1 amide bonds. The Labute approximate surface area is 99.7 Å². The van der Waals surface area contributed by atoms with Gasteiger partial charge in [0.2, 0.25) is 0 Å². The van der Waals surface area contributed by atoms with E-state index in [1.807, 2.05) is 0 Å². The third-order valence-electron chi connectivity index (χ3n) is 3.05. The molecule has 4 nitrogen and oxygen atoms in total. The van der Waals surface area contributed by atoms with Crippen molar-refractivity contribution in [3.63, 3.8) is 0 Å². The molecule has 0 unspecified atom stereocenters. The van der Waals surface area contributed by atoms with Crippen LogP contribution >= 0.6 is 11.3 Å². The van der Waals surface area contributed by atoms with Gasteiger partial charge in [-0.3, -0.25) is 4.79 Å². The summed E-state index contributed by atoms with van der Waals surface area (Å²) in [7, 11) is 2.14. The van der Waals surface area contributed by atoms with Crippen LogP contribution in [0, 0.1) is 5.92 Å². The molecule has 1 aromatic rings. The summed E-state index contributed by atoms with van der Waals surface area (Å²) < 4.78 is 0. The van der Waals surface area contributed by atoms with Gasteiger partial charge in [-0.2, -0.15) is 0 Å². The predicted octanol–water partition coefficient (Wildman–Crippen LogP) is 1.21. The molecule has 1 aliphatic heterocycles. The summed E-state index contributed by atoms with van der Waals surface area (Å²) in [5.41, 5.74) is 2.22. The number of piperidine rings is 1. The quantitative estimate of drug-likeness (QED) is 0.862. The number of likely N-dealkylation sites (tertiary alicyclic amines) is 1. The molecular weight excluding hydrogens is 222 g/mol. The Morgan fingerprint density at radius 2 is 2.38 bits per heavy atom. The van der Waals surface area contributed by atoms with Crippen LogP contribution in [0.1, 0.15) is 23.3 Å². The van der Waals surface area contributed by atoms with E-state index in [9.17, 15) is 4.79 Å². The van der Waals surface area contributed by atoms with E-state index >= 15 is 0 Å². The van der Waals surface area contributed by atoms with Crippen molar-refractivity contribution < 1.29 is 4.79 Å². The van der Waals surface area contributed by atoms with E-state index in [-0.39, 0.29) is 5.91 Å². The number of aromatic nitrogens is 1. The summed E-state index contributed by atoms with van der Waals surface area (Å²) in [6, 6.07) is 0. The second-order valence-electron chi connectivity index (χ2n) is 4.33. The maximum absolute atomic E-state index is 11.6. The van der Waals surface area contributed by atoms with Crippen LogP contribution in [0.3, 0.4) is 0 Å². The number of hydrogen-bond acceptors (Lipinski definition) is 4. The highest BCUT2D eigenvalue weighted by Crippen LogP contribution is 2.14. The van der Waals surface area contributed by atoms with E-state index in [0.717, 1.165) is 19.6 Å². The number of carbonyl (C=O) groups excluding carboxylic acids is 1. The van der Waals surface area contributed by atoms with E-state index in [0.29, 0.717) is 11.6 Å². The monoisotopic (exact) mass is 239 g/mol. The van der Waals surface area contributed by atoms with Crippen molar-refractivity contribution in [2.45, 2.75) is 12.8 Å². The van der Waals surface area contributed by atoms with Crippen LogP contribution in [-0.4, -0.2) is 42.5 Å². The van der Waals surface area contributed by atoms with Crippen LogP contribution in [0.4, 0.5) is 0 Å². The molecule has 1 saturated heterocycles. The van der Waals surface area contributed by atoms with Gasteiger partial charge >= 0.3 is 0 Å². The average molecular weight is 239 g/mol. The molecule has 2 heterocycles. The maximum Gasteiger partial charge on any atom is 0.270 e. The van der Waals surface area contributed by atoms with Crippen molar-refractivity contribution in [3.05, 3.63) is 16.6 Å².